The maximum Gasteiger partial charge on any atom is 0.315 e. The summed E-state index contributed by atoms with van der Waals surface area (Å²) in [6.07, 6.45) is 8.90. The van der Waals surface area contributed by atoms with Crippen LogP contribution in [0.3, 0.4) is 0 Å². The Morgan fingerprint density at radius 2 is 2.04 bits per heavy atom. The number of fused-ring (bicyclic) bond motifs is 1. The molecule has 1 aromatic heterocycles. The van der Waals surface area contributed by atoms with Gasteiger partial charge in [0.15, 0.2) is 5.82 Å². The molecule has 0 unspecified atom stereocenters. The van der Waals surface area contributed by atoms with E-state index in [1.165, 1.54) is 19.3 Å². The molecule has 25 heavy (non-hydrogen) atoms. The van der Waals surface area contributed by atoms with Gasteiger partial charge in [-0.15, -0.1) is 10.2 Å². The van der Waals surface area contributed by atoms with Gasteiger partial charge in [0.1, 0.15) is 5.82 Å². The molecular formula is C18H31N5O2. The summed E-state index contributed by atoms with van der Waals surface area (Å²) in [5.41, 5.74) is -0.852. The molecule has 3 rings (SSSR count). The number of rotatable bonds is 5. The minimum Gasteiger partial charge on any atom is -0.388 e. The number of nitrogens with zero attached hydrogens (tertiary/aromatic N) is 3. The van der Waals surface area contributed by atoms with Crippen LogP contribution in [0.2, 0.25) is 0 Å². The van der Waals surface area contributed by atoms with Crippen LogP contribution in [0.15, 0.2) is 0 Å². The maximum absolute atomic E-state index is 12.3. The lowest BCUT2D eigenvalue weighted by Gasteiger charge is -2.35. The SMILES string of the molecule is C[C@@H](NC(=O)NC[C@@](C)(O)C1CCCCC1)c1nnc2n1CCCC2. The Balaban J connectivity index is 1.51. The molecule has 0 radical (unpaired) electrons. The number of nitrogens with one attached hydrogen (secondary N) is 2. The number of amides is 2. The van der Waals surface area contributed by atoms with Crippen LogP contribution < -0.4 is 10.6 Å². The highest BCUT2D eigenvalue weighted by Crippen LogP contribution is 2.32. The molecule has 0 saturated heterocycles. The van der Waals surface area contributed by atoms with Gasteiger partial charge in [0.05, 0.1) is 11.6 Å². The van der Waals surface area contributed by atoms with E-state index in [0.717, 1.165) is 50.3 Å². The van der Waals surface area contributed by atoms with Crippen LogP contribution in [-0.2, 0) is 13.0 Å². The van der Waals surface area contributed by atoms with Crippen LogP contribution in [0, 0.1) is 5.92 Å². The molecule has 0 bridgehead atoms. The lowest BCUT2D eigenvalue weighted by atomic mass is 9.78. The van der Waals surface area contributed by atoms with Crippen molar-refractivity contribution in [2.45, 2.75) is 83.4 Å². The third kappa shape index (κ3) is 4.32. The molecule has 1 fully saturated rings. The van der Waals surface area contributed by atoms with E-state index in [4.69, 9.17) is 0 Å². The number of aliphatic hydroxyl groups is 1. The van der Waals surface area contributed by atoms with Crippen LogP contribution in [-0.4, -0.2) is 38.0 Å². The van der Waals surface area contributed by atoms with E-state index >= 15 is 0 Å². The molecule has 2 aliphatic rings. The third-order valence-corrected chi connectivity index (χ3v) is 5.71. The van der Waals surface area contributed by atoms with Crippen molar-refractivity contribution in [2.75, 3.05) is 6.54 Å². The summed E-state index contributed by atoms with van der Waals surface area (Å²) in [7, 11) is 0. The normalized spacial score (nSPS) is 21.9. The molecule has 1 aliphatic heterocycles. The Hall–Kier alpha value is -1.63. The van der Waals surface area contributed by atoms with E-state index < -0.39 is 5.60 Å². The Morgan fingerprint density at radius 1 is 1.28 bits per heavy atom. The standard InChI is InChI=1S/C18H31N5O2/c1-13(16-22-21-15-10-6-7-11-23(15)16)20-17(24)19-12-18(2,25)14-8-4-3-5-9-14/h13-14,25H,3-12H2,1-2H3,(H2,19,20,24)/t13-,18-/m1/s1. The molecule has 1 aliphatic carbocycles. The molecule has 140 valence electrons. The number of aromatic nitrogens is 3. The highest BCUT2D eigenvalue weighted by Gasteiger charge is 2.33. The first-order chi connectivity index (χ1) is 12.0. The zero-order valence-corrected chi connectivity index (χ0v) is 15.4. The van der Waals surface area contributed by atoms with Gasteiger partial charge in [0, 0.05) is 19.5 Å². The fraction of sp³-hybridized carbons (Fsp3) is 0.833. The first-order valence-electron chi connectivity index (χ1n) is 9.66. The molecule has 2 heterocycles. The van der Waals surface area contributed by atoms with Crippen LogP contribution >= 0.6 is 0 Å². The van der Waals surface area contributed by atoms with E-state index in [1.807, 2.05) is 13.8 Å². The number of urea groups is 1. The van der Waals surface area contributed by atoms with Crippen molar-refractivity contribution in [1.82, 2.24) is 25.4 Å². The van der Waals surface area contributed by atoms with Gasteiger partial charge >= 0.3 is 6.03 Å². The van der Waals surface area contributed by atoms with Crippen molar-refractivity contribution in [3.8, 4) is 0 Å². The first-order valence-corrected chi connectivity index (χ1v) is 9.66. The highest BCUT2D eigenvalue weighted by molar-refractivity contribution is 5.74. The van der Waals surface area contributed by atoms with Gasteiger partial charge in [-0.1, -0.05) is 19.3 Å². The van der Waals surface area contributed by atoms with Crippen molar-refractivity contribution in [3.63, 3.8) is 0 Å². The van der Waals surface area contributed by atoms with Crippen molar-refractivity contribution in [1.29, 1.82) is 0 Å². The first kappa shape index (κ1) is 18.2. The van der Waals surface area contributed by atoms with Crippen LogP contribution in [0.25, 0.3) is 0 Å². The van der Waals surface area contributed by atoms with Crippen LogP contribution in [0.4, 0.5) is 4.79 Å². The number of aryl methyl sites for hydroxylation is 1. The van der Waals surface area contributed by atoms with Gasteiger partial charge in [-0.2, -0.15) is 0 Å². The monoisotopic (exact) mass is 349 g/mol. The lowest BCUT2D eigenvalue weighted by Crippen LogP contribution is -2.49. The van der Waals surface area contributed by atoms with Crippen LogP contribution in [0.5, 0.6) is 0 Å². The summed E-state index contributed by atoms with van der Waals surface area (Å²) >= 11 is 0. The zero-order valence-electron chi connectivity index (χ0n) is 15.4. The van der Waals surface area contributed by atoms with E-state index in [-0.39, 0.29) is 24.5 Å². The smallest absolute Gasteiger partial charge is 0.315 e. The van der Waals surface area contributed by atoms with Gasteiger partial charge in [0.2, 0.25) is 0 Å². The summed E-state index contributed by atoms with van der Waals surface area (Å²) < 4.78 is 2.12. The molecule has 0 aromatic carbocycles. The lowest BCUT2D eigenvalue weighted by molar-refractivity contribution is -0.0131. The Kier molecular flexibility index (Phi) is 5.61. The van der Waals surface area contributed by atoms with Gasteiger partial charge in [-0.05, 0) is 45.4 Å². The summed E-state index contributed by atoms with van der Waals surface area (Å²) in [4.78, 5) is 12.3. The molecule has 1 aromatic rings. The van der Waals surface area contributed by atoms with Gasteiger partial charge in [-0.25, -0.2) is 4.79 Å². The molecule has 2 atom stereocenters. The van der Waals surface area contributed by atoms with Gasteiger partial charge in [-0.3, -0.25) is 0 Å². The van der Waals surface area contributed by atoms with Crippen LogP contribution in [0.1, 0.15) is 76.5 Å². The molecule has 7 nitrogen and oxygen atoms in total. The fourth-order valence-electron chi connectivity index (χ4n) is 4.09. The second kappa shape index (κ2) is 7.72. The third-order valence-electron chi connectivity index (χ3n) is 5.71. The second-order valence-electron chi connectivity index (χ2n) is 7.82. The fourth-order valence-corrected chi connectivity index (χ4v) is 4.09. The highest BCUT2D eigenvalue weighted by atomic mass is 16.3. The quantitative estimate of drug-likeness (QED) is 0.760. The average molecular weight is 349 g/mol. The molecule has 1 saturated carbocycles. The Bertz CT molecular complexity index is 592. The molecule has 3 N–H and O–H groups in total. The molecule has 0 spiro atoms. The van der Waals surface area contributed by atoms with E-state index in [0.29, 0.717) is 0 Å². The second-order valence-corrected chi connectivity index (χ2v) is 7.82. The molecule has 2 amide bonds. The predicted octanol–water partition coefficient (Wildman–Crippen LogP) is 2.31. The predicted molar refractivity (Wildman–Crippen MR) is 95.1 cm³/mol. The number of carbonyl (C=O) groups is 1. The van der Waals surface area contributed by atoms with Gasteiger partial charge < -0.3 is 20.3 Å². The van der Waals surface area contributed by atoms with Crippen molar-refractivity contribution in [2.24, 2.45) is 5.92 Å². The van der Waals surface area contributed by atoms with Crippen molar-refractivity contribution < 1.29 is 9.90 Å². The summed E-state index contributed by atoms with van der Waals surface area (Å²) in [6, 6.07) is -0.476. The summed E-state index contributed by atoms with van der Waals surface area (Å²) in [5, 5.41) is 24.9. The van der Waals surface area contributed by atoms with Crippen molar-refractivity contribution >= 4 is 6.03 Å². The maximum atomic E-state index is 12.3. The molecule has 7 heteroatoms. The number of hydrogen-bond donors (Lipinski definition) is 3. The van der Waals surface area contributed by atoms with E-state index in [1.54, 1.807) is 0 Å². The van der Waals surface area contributed by atoms with E-state index in [9.17, 15) is 9.90 Å². The zero-order chi connectivity index (χ0) is 17.9. The minimum absolute atomic E-state index is 0.209. The number of hydrogen-bond acceptors (Lipinski definition) is 4. The van der Waals surface area contributed by atoms with Crippen molar-refractivity contribution in [3.05, 3.63) is 11.6 Å². The Labute approximate surface area is 149 Å². The Morgan fingerprint density at radius 3 is 2.80 bits per heavy atom. The summed E-state index contributed by atoms with van der Waals surface area (Å²) in [6.45, 7) is 4.95. The summed E-state index contributed by atoms with van der Waals surface area (Å²) in [5.74, 6) is 2.09. The largest absolute Gasteiger partial charge is 0.388 e. The average Bonchev–Trinajstić information content (AvgIpc) is 3.05. The topological polar surface area (TPSA) is 92.1 Å². The van der Waals surface area contributed by atoms with Gasteiger partial charge in [0.25, 0.3) is 0 Å². The minimum atomic E-state index is -0.852. The molecular weight excluding hydrogens is 318 g/mol. The number of carbonyl (C=O) groups excluding carboxylic acids is 1. The van der Waals surface area contributed by atoms with E-state index in [2.05, 4.69) is 25.4 Å².